The molecule has 27 heavy (non-hydrogen) atoms. The molecule has 0 amide bonds. The Morgan fingerprint density at radius 2 is 1.70 bits per heavy atom. The molecule has 138 valence electrons. The van der Waals surface area contributed by atoms with Crippen molar-refractivity contribution in [3.63, 3.8) is 0 Å². The minimum atomic E-state index is -0.561. The third-order valence-corrected chi connectivity index (χ3v) is 4.70. The molecule has 0 aliphatic carbocycles. The number of benzene rings is 2. The van der Waals surface area contributed by atoms with E-state index in [0.717, 1.165) is 5.56 Å². The van der Waals surface area contributed by atoms with Gasteiger partial charge < -0.3 is 10.6 Å². The van der Waals surface area contributed by atoms with Gasteiger partial charge in [-0.3, -0.25) is 10.1 Å². The van der Waals surface area contributed by atoms with Crippen molar-refractivity contribution in [1.82, 2.24) is 9.97 Å². The third kappa shape index (κ3) is 4.57. The predicted octanol–water partition coefficient (Wildman–Crippen LogP) is 5.70. The highest BCUT2D eigenvalue weighted by Crippen LogP contribution is 2.33. The number of hydrogen-bond acceptors (Lipinski definition) is 6. The number of halogens is 3. The van der Waals surface area contributed by atoms with Crippen molar-refractivity contribution < 1.29 is 4.92 Å². The second kappa shape index (κ2) is 8.39. The van der Waals surface area contributed by atoms with Gasteiger partial charge in [0.2, 0.25) is 11.6 Å². The fourth-order valence-electron chi connectivity index (χ4n) is 2.30. The summed E-state index contributed by atoms with van der Waals surface area (Å²) in [5.74, 6) is 0.0903. The van der Waals surface area contributed by atoms with Crippen LogP contribution in [-0.4, -0.2) is 14.9 Å². The number of nitro groups is 1. The van der Waals surface area contributed by atoms with Gasteiger partial charge in [-0.1, -0.05) is 53.0 Å². The number of anilines is 3. The molecular weight excluding hydrogens is 413 g/mol. The molecule has 1 aromatic heterocycles. The van der Waals surface area contributed by atoms with Crippen molar-refractivity contribution in [2.75, 3.05) is 10.6 Å². The van der Waals surface area contributed by atoms with Crippen LogP contribution in [0.2, 0.25) is 15.1 Å². The molecule has 0 fully saturated rings. The first-order valence-corrected chi connectivity index (χ1v) is 8.78. The maximum atomic E-state index is 11.6. The molecule has 3 aromatic rings. The van der Waals surface area contributed by atoms with E-state index < -0.39 is 4.92 Å². The van der Waals surface area contributed by atoms with E-state index in [2.05, 4.69) is 20.6 Å². The van der Waals surface area contributed by atoms with Crippen LogP contribution >= 0.6 is 34.8 Å². The van der Waals surface area contributed by atoms with Gasteiger partial charge in [-0.15, -0.1) is 0 Å². The Labute approximate surface area is 169 Å². The zero-order chi connectivity index (χ0) is 19.4. The SMILES string of the molecule is O=[N+]([O-])c1c(NCc2ccccc2Cl)ncnc1Nc1ccc(Cl)c(Cl)c1. The summed E-state index contributed by atoms with van der Waals surface area (Å²) < 4.78 is 0. The van der Waals surface area contributed by atoms with Crippen LogP contribution in [-0.2, 0) is 6.54 Å². The van der Waals surface area contributed by atoms with E-state index in [4.69, 9.17) is 34.8 Å². The Morgan fingerprint density at radius 3 is 2.41 bits per heavy atom. The summed E-state index contributed by atoms with van der Waals surface area (Å²) in [6.07, 6.45) is 1.22. The standard InChI is InChI=1S/C17H12Cl3N5O2/c18-12-4-2-1-3-10(12)8-21-16-15(25(26)27)17(23-9-22-16)24-11-5-6-13(19)14(20)7-11/h1-7,9H,8H2,(H2,21,22,23,24). The van der Waals surface area contributed by atoms with Crippen molar-refractivity contribution in [3.05, 3.63) is 79.5 Å². The second-order valence-electron chi connectivity index (χ2n) is 5.38. The van der Waals surface area contributed by atoms with Crippen LogP contribution in [0.3, 0.4) is 0 Å². The first-order valence-electron chi connectivity index (χ1n) is 7.64. The van der Waals surface area contributed by atoms with Gasteiger partial charge >= 0.3 is 5.69 Å². The topological polar surface area (TPSA) is 93.0 Å². The van der Waals surface area contributed by atoms with Gasteiger partial charge in [-0.05, 0) is 29.8 Å². The third-order valence-electron chi connectivity index (χ3n) is 3.59. The van der Waals surface area contributed by atoms with Gasteiger partial charge in [0.05, 0.1) is 15.0 Å². The summed E-state index contributed by atoms with van der Waals surface area (Å²) in [7, 11) is 0. The van der Waals surface area contributed by atoms with Crippen LogP contribution in [0, 0.1) is 10.1 Å². The number of aromatic nitrogens is 2. The molecule has 0 spiro atoms. The number of hydrogen-bond donors (Lipinski definition) is 2. The van der Waals surface area contributed by atoms with Crippen LogP contribution < -0.4 is 10.6 Å². The molecule has 10 heteroatoms. The van der Waals surface area contributed by atoms with E-state index in [9.17, 15) is 10.1 Å². The average molecular weight is 425 g/mol. The molecule has 2 aromatic carbocycles. The Bertz CT molecular complexity index is 1000. The summed E-state index contributed by atoms with van der Waals surface area (Å²) in [5, 5.41) is 18.7. The lowest BCUT2D eigenvalue weighted by atomic mass is 10.2. The molecule has 0 bridgehead atoms. The van der Waals surface area contributed by atoms with Crippen molar-refractivity contribution >= 4 is 57.8 Å². The highest BCUT2D eigenvalue weighted by atomic mass is 35.5. The van der Waals surface area contributed by atoms with Crippen LogP contribution in [0.15, 0.2) is 48.8 Å². The molecule has 0 aliphatic rings. The quantitative estimate of drug-likeness (QED) is 0.389. The first kappa shape index (κ1) is 19.2. The van der Waals surface area contributed by atoms with Gasteiger partial charge in [-0.25, -0.2) is 9.97 Å². The first-order chi connectivity index (χ1) is 13.0. The monoisotopic (exact) mass is 423 g/mol. The average Bonchev–Trinajstić information content (AvgIpc) is 2.64. The van der Waals surface area contributed by atoms with Crippen LogP contribution in [0.1, 0.15) is 5.56 Å². The zero-order valence-corrected chi connectivity index (χ0v) is 15.9. The molecule has 1 heterocycles. The maximum absolute atomic E-state index is 11.6. The Hall–Kier alpha value is -2.61. The normalized spacial score (nSPS) is 10.5. The molecule has 0 atom stereocenters. The van der Waals surface area contributed by atoms with Crippen LogP contribution in [0.4, 0.5) is 23.0 Å². The molecule has 0 unspecified atom stereocenters. The highest BCUT2D eigenvalue weighted by molar-refractivity contribution is 6.42. The minimum absolute atomic E-state index is 0.0232. The summed E-state index contributed by atoms with van der Waals surface area (Å²) in [4.78, 5) is 19.0. The molecular formula is C17H12Cl3N5O2. The predicted molar refractivity (Wildman–Crippen MR) is 107 cm³/mol. The van der Waals surface area contributed by atoms with Gasteiger partial charge in [-0.2, -0.15) is 0 Å². The summed E-state index contributed by atoms with van der Waals surface area (Å²) >= 11 is 18.0. The van der Waals surface area contributed by atoms with Gasteiger partial charge in [0.15, 0.2) is 0 Å². The Morgan fingerprint density at radius 1 is 0.963 bits per heavy atom. The smallest absolute Gasteiger partial charge is 0.353 e. The zero-order valence-electron chi connectivity index (χ0n) is 13.6. The highest BCUT2D eigenvalue weighted by Gasteiger charge is 2.23. The van der Waals surface area contributed by atoms with Crippen LogP contribution in [0.25, 0.3) is 0 Å². The van der Waals surface area contributed by atoms with E-state index in [1.807, 2.05) is 12.1 Å². The molecule has 0 radical (unpaired) electrons. The largest absolute Gasteiger partial charge is 0.360 e. The van der Waals surface area contributed by atoms with Crippen molar-refractivity contribution in [3.8, 4) is 0 Å². The fourth-order valence-corrected chi connectivity index (χ4v) is 2.80. The molecule has 0 aliphatic heterocycles. The molecule has 3 rings (SSSR count). The molecule has 2 N–H and O–H groups in total. The fraction of sp³-hybridized carbons (Fsp3) is 0.0588. The summed E-state index contributed by atoms with van der Waals surface area (Å²) in [5.41, 5.74) is 0.991. The van der Waals surface area contributed by atoms with E-state index in [1.54, 1.807) is 30.3 Å². The second-order valence-corrected chi connectivity index (χ2v) is 6.60. The molecule has 0 saturated carbocycles. The maximum Gasteiger partial charge on any atom is 0.353 e. The van der Waals surface area contributed by atoms with Crippen LogP contribution in [0.5, 0.6) is 0 Å². The van der Waals surface area contributed by atoms with E-state index in [-0.39, 0.29) is 23.9 Å². The molecule has 7 nitrogen and oxygen atoms in total. The number of rotatable bonds is 6. The van der Waals surface area contributed by atoms with E-state index in [0.29, 0.717) is 20.8 Å². The lowest BCUT2D eigenvalue weighted by molar-refractivity contribution is -0.383. The van der Waals surface area contributed by atoms with Gasteiger partial charge in [0, 0.05) is 17.3 Å². The van der Waals surface area contributed by atoms with Gasteiger partial charge in [0.1, 0.15) is 6.33 Å². The van der Waals surface area contributed by atoms with E-state index >= 15 is 0 Å². The number of nitrogens with zero attached hydrogens (tertiary/aromatic N) is 3. The Kier molecular flexibility index (Phi) is 5.95. The lowest BCUT2D eigenvalue weighted by Crippen LogP contribution is -2.08. The van der Waals surface area contributed by atoms with Crippen molar-refractivity contribution in [2.45, 2.75) is 6.54 Å². The van der Waals surface area contributed by atoms with E-state index in [1.165, 1.54) is 6.33 Å². The summed E-state index contributed by atoms with van der Waals surface area (Å²) in [6, 6.07) is 12.0. The van der Waals surface area contributed by atoms with Crippen molar-refractivity contribution in [2.24, 2.45) is 0 Å². The Balaban J connectivity index is 1.89. The number of nitrogens with one attached hydrogen (secondary N) is 2. The van der Waals surface area contributed by atoms with Crippen molar-refractivity contribution in [1.29, 1.82) is 0 Å². The van der Waals surface area contributed by atoms with Gasteiger partial charge in [0.25, 0.3) is 0 Å². The summed E-state index contributed by atoms with van der Waals surface area (Å²) in [6.45, 7) is 0.268. The lowest BCUT2D eigenvalue weighted by Gasteiger charge is -2.11. The molecule has 0 saturated heterocycles. The minimum Gasteiger partial charge on any atom is -0.360 e.